The molecule has 0 fully saturated rings. The third kappa shape index (κ3) is 2.48. The number of amides is 1. The highest BCUT2D eigenvalue weighted by Crippen LogP contribution is 2.21. The van der Waals surface area contributed by atoms with E-state index >= 15 is 0 Å². The number of aromatic amines is 1. The number of hydrogen-bond donors (Lipinski definition) is 2. The van der Waals surface area contributed by atoms with Crippen molar-refractivity contribution in [1.29, 1.82) is 0 Å². The van der Waals surface area contributed by atoms with Crippen LogP contribution in [0, 0.1) is 12.7 Å². The van der Waals surface area contributed by atoms with E-state index < -0.39 is 11.7 Å². The number of aryl methyl sites for hydroxylation is 1. The van der Waals surface area contributed by atoms with Crippen LogP contribution in [0.15, 0.2) is 24.3 Å². The first-order valence-electron chi connectivity index (χ1n) is 5.27. The van der Waals surface area contributed by atoms with Crippen molar-refractivity contribution >= 4 is 11.6 Å². The number of rotatable bonds is 3. The molecule has 2 aromatic rings. The Labute approximate surface area is 103 Å². The lowest BCUT2D eigenvalue weighted by atomic mass is 10.2. The Bertz CT molecular complexity index is 580. The summed E-state index contributed by atoms with van der Waals surface area (Å²) in [5.74, 6) is -0.548. The quantitative estimate of drug-likeness (QED) is 0.875. The van der Waals surface area contributed by atoms with Crippen molar-refractivity contribution in [3.05, 3.63) is 41.5 Å². The van der Waals surface area contributed by atoms with E-state index in [1.54, 1.807) is 13.0 Å². The number of hydrogen-bond acceptors (Lipinski definition) is 3. The molecular formula is C12H12FN3O2. The maximum Gasteiger partial charge on any atom is 0.276 e. The van der Waals surface area contributed by atoms with Gasteiger partial charge in [-0.25, -0.2) is 4.39 Å². The molecule has 18 heavy (non-hydrogen) atoms. The van der Waals surface area contributed by atoms with E-state index in [0.29, 0.717) is 5.75 Å². The summed E-state index contributed by atoms with van der Waals surface area (Å²) in [6, 6.07) is 5.69. The number of nitrogens with zero attached hydrogens (tertiary/aromatic N) is 1. The summed E-state index contributed by atoms with van der Waals surface area (Å²) in [6.45, 7) is 1.77. The maximum absolute atomic E-state index is 13.5. The smallest absolute Gasteiger partial charge is 0.276 e. The van der Waals surface area contributed by atoms with Crippen LogP contribution >= 0.6 is 0 Å². The highest BCUT2D eigenvalue weighted by molar-refractivity contribution is 6.03. The van der Waals surface area contributed by atoms with Crippen LogP contribution in [0.2, 0.25) is 0 Å². The second kappa shape index (κ2) is 4.87. The number of carbonyl (C=O) groups excluding carboxylic acids is 1. The lowest BCUT2D eigenvalue weighted by Gasteiger charge is -2.06. The average Bonchev–Trinajstić information content (AvgIpc) is 2.79. The van der Waals surface area contributed by atoms with Crippen LogP contribution in [0.25, 0.3) is 0 Å². The molecule has 0 saturated heterocycles. The Hall–Kier alpha value is -2.37. The number of methoxy groups -OCH3 is 1. The van der Waals surface area contributed by atoms with Gasteiger partial charge < -0.3 is 10.1 Å². The summed E-state index contributed by atoms with van der Waals surface area (Å²) >= 11 is 0. The fourth-order valence-electron chi connectivity index (χ4n) is 1.45. The van der Waals surface area contributed by atoms with Crippen molar-refractivity contribution < 1.29 is 13.9 Å². The van der Waals surface area contributed by atoms with Crippen LogP contribution in [0.3, 0.4) is 0 Å². The molecule has 0 unspecified atom stereocenters. The number of ether oxygens (including phenoxy) is 1. The number of nitrogens with one attached hydrogen (secondary N) is 2. The molecule has 0 aliphatic rings. The number of aromatic nitrogens is 2. The van der Waals surface area contributed by atoms with Gasteiger partial charge in [-0.3, -0.25) is 9.89 Å². The average molecular weight is 249 g/mol. The first-order valence-corrected chi connectivity index (χ1v) is 5.27. The molecule has 0 radical (unpaired) electrons. The van der Waals surface area contributed by atoms with Gasteiger partial charge in [0.25, 0.3) is 5.91 Å². The molecule has 1 heterocycles. The number of carbonyl (C=O) groups is 1. The largest absolute Gasteiger partial charge is 0.497 e. The third-order valence-corrected chi connectivity index (χ3v) is 2.36. The van der Waals surface area contributed by atoms with Crippen molar-refractivity contribution in [3.63, 3.8) is 0 Å². The summed E-state index contributed by atoms with van der Waals surface area (Å²) in [5.41, 5.74) is 1.01. The number of anilines is 1. The second-order valence-corrected chi connectivity index (χ2v) is 3.74. The van der Waals surface area contributed by atoms with Crippen molar-refractivity contribution in [1.82, 2.24) is 10.2 Å². The topological polar surface area (TPSA) is 67.0 Å². The molecular weight excluding hydrogens is 237 g/mol. The van der Waals surface area contributed by atoms with Gasteiger partial charge in [0.05, 0.1) is 12.8 Å². The van der Waals surface area contributed by atoms with E-state index in [1.807, 2.05) is 0 Å². The van der Waals surface area contributed by atoms with Gasteiger partial charge in [0.1, 0.15) is 11.6 Å². The van der Waals surface area contributed by atoms with Gasteiger partial charge in [-0.15, -0.1) is 0 Å². The molecule has 1 amide bonds. The van der Waals surface area contributed by atoms with Gasteiger partial charge >= 0.3 is 0 Å². The monoisotopic (exact) mass is 249 g/mol. The minimum Gasteiger partial charge on any atom is -0.497 e. The van der Waals surface area contributed by atoms with Crippen LogP contribution in [0.4, 0.5) is 10.1 Å². The van der Waals surface area contributed by atoms with Gasteiger partial charge in [-0.05, 0) is 25.1 Å². The molecule has 2 rings (SSSR count). The molecule has 0 spiro atoms. The van der Waals surface area contributed by atoms with E-state index in [-0.39, 0.29) is 11.4 Å². The first-order chi connectivity index (χ1) is 8.60. The molecule has 0 atom stereocenters. The Morgan fingerprint density at radius 3 is 2.83 bits per heavy atom. The van der Waals surface area contributed by atoms with Crippen LogP contribution in [0.5, 0.6) is 5.75 Å². The molecule has 2 N–H and O–H groups in total. The van der Waals surface area contributed by atoms with Crippen LogP contribution in [-0.4, -0.2) is 23.2 Å². The zero-order chi connectivity index (χ0) is 13.1. The highest BCUT2D eigenvalue weighted by atomic mass is 19.1. The molecule has 1 aromatic carbocycles. The number of benzene rings is 1. The summed E-state index contributed by atoms with van der Waals surface area (Å²) < 4.78 is 18.5. The van der Waals surface area contributed by atoms with E-state index in [1.165, 1.54) is 25.3 Å². The predicted octanol–water partition coefficient (Wildman–Crippen LogP) is 2.12. The number of H-pyrrole nitrogens is 1. The van der Waals surface area contributed by atoms with Gasteiger partial charge in [-0.1, -0.05) is 0 Å². The van der Waals surface area contributed by atoms with Gasteiger partial charge in [0, 0.05) is 11.8 Å². The lowest BCUT2D eigenvalue weighted by Crippen LogP contribution is -2.13. The van der Waals surface area contributed by atoms with Crippen LogP contribution < -0.4 is 10.1 Å². The van der Waals surface area contributed by atoms with Crippen LogP contribution in [-0.2, 0) is 0 Å². The Balaban J connectivity index is 2.21. The summed E-state index contributed by atoms with van der Waals surface area (Å²) in [7, 11) is 1.47. The van der Waals surface area contributed by atoms with Gasteiger partial charge in [0.15, 0.2) is 5.69 Å². The molecule has 6 heteroatoms. The Morgan fingerprint density at radius 2 is 2.22 bits per heavy atom. The minimum atomic E-state index is -0.531. The fourth-order valence-corrected chi connectivity index (χ4v) is 1.45. The molecule has 5 nitrogen and oxygen atoms in total. The minimum absolute atomic E-state index is 0.0556. The molecule has 1 aromatic heterocycles. The summed E-state index contributed by atoms with van der Waals surface area (Å²) in [6.07, 6.45) is 0. The SMILES string of the molecule is COc1ccc(F)c(NC(=O)c2cc(C)[nH]n2)c1. The summed E-state index contributed by atoms with van der Waals surface area (Å²) in [5, 5.41) is 8.87. The van der Waals surface area contributed by atoms with E-state index in [0.717, 1.165) is 5.69 Å². The maximum atomic E-state index is 13.5. The fraction of sp³-hybridized carbons (Fsp3) is 0.167. The zero-order valence-corrected chi connectivity index (χ0v) is 9.95. The predicted molar refractivity (Wildman–Crippen MR) is 64.2 cm³/mol. The second-order valence-electron chi connectivity index (χ2n) is 3.74. The number of halogens is 1. The van der Waals surface area contributed by atoms with E-state index in [4.69, 9.17) is 4.74 Å². The van der Waals surface area contributed by atoms with Crippen LogP contribution in [0.1, 0.15) is 16.2 Å². The lowest BCUT2D eigenvalue weighted by molar-refractivity contribution is 0.102. The third-order valence-electron chi connectivity index (χ3n) is 2.36. The van der Waals surface area contributed by atoms with Gasteiger partial charge in [0.2, 0.25) is 0 Å². The van der Waals surface area contributed by atoms with Crippen molar-refractivity contribution in [2.45, 2.75) is 6.92 Å². The van der Waals surface area contributed by atoms with E-state index in [9.17, 15) is 9.18 Å². The molecule has 0 bridgehead atoms. The molecule has 0 saturated carbocycles. The molecule has 0 aliphatic carbocycles. The molecule has 94 valence electrons. The Morgan fingerprint density at radius 1 is 1.44 bits per heavy atom. The van der Waals surface area contributed by atoms with E-state index in [2.05, 4.69) is 15.5 Å². The first kappa shape index (κ1) is 12.1. The molecule has 0 aliphatic heterocycles. The Kier molecular flexibility index (Phi) is 3.27. The standard InChI is InChI=1S/C12H12FN3O2/c1-7-5-11(16-15-7)12(17)14-10-6-8(18-2)3-4-9(10)13/h3-6H,1-2H3,(H,14,17)(H,15,16). The zero-order valence-electron chi connectivity index (χ0n) is 9.95. The van der Waals surface area contributed by atoms with Gasteiger partial charge in [-0.2, -0.15) is 5.10 Å². The van der Waals surface area contributed by atoms with Crippen molar-refractivity contribution in [2.24, 2.45) is 0 Å². The van der Waals surface area contributed by atoms with Crippen molar-refractivity contribution in [3.8, 4) is 5.75 Å². The summed E-state index contributed by atoms with van der Waals surface area (Å²) in [4.78, 5) is 11.8. The van der Waals surface area contributed by atoms with Crippen molar-refractivity contribution in [2.75, 3.05) is 12.4 Å². The highest BCUT2D eigenvalue weighted by Gasteiger charge is 2.12. The normalized spacial score (nSPS) is 10.2.